The zero-order valence-corrected chi connectivity index (χ0v) is 15.7. The van der Waals surface area contributed by atoms with E-state index in [2.05, 4.69) is 26.8 Å². The first-order valence-electron chi connectivity index (χ1n) is 9.86. The van der Waals surface area contributed by atoms with Crippen LogP contribution in [0.3, 0.4) is 0 Å². The zero-order valence-electron chi connectivity index (χ0n) is 15.7. The summed E-state index contributed by atoms with van der Waals surface area (Å²) < 4.78 is 0. The van der Waals surface area contributed by atoms with E-state index in [0.717, 1.165) is 43.6 Å². The molecule has 2 fully saturated rings. The second-order valence-corrected chi connectivity index (χ2v) is 9.52. The first-order chi connectivity index (χ1) is 11.3. The number of Topliss-reactive ketones (excluding diaryl/α,β-unsaturated/α-hetero) is 1. The molecule has 0 unspecified atom stereocenters. The van der Waals surface area contributed by atoms with Crippen molar-refractivity contribution in [3.8, 4) is 0 Å². The lowest BCUT2D eigenvalue weighted by molar-refractivity contribution is -0.115. The molecule has 0 saturated heterocycles. The van der Waals surface area contributed by atoms with Crippen molar-refractivity contribution in [1.29, 1.82) is 0 Å². The van der Waals surface area contributed by atoms with Crippen molar-refractivity contribution >= 4 is 5.78 Å². The molecule has 0 aromatic heterocycles. The minimum Gasteiger partial charge on any atom is -0.393 e. The van der Waals surface area contributed by atoms with Gasteiger partial charge in [0.2, 0.25) is 0 Å². The molecule has 24 heavy (non-hydrogen) atoms. The van der Waals surface area contributed by atoms with E-state index in [9.17, 15) is 9.90 Å². The van der Waals surface area contributed by atoms with Crippen molar-refractivity contribution in [3.05, 3.63) is 22.8 Å². The summed E-state index contributed by atoms with van der Waals surface area (Å²) in [5.41, 5.74) is 4.62. The van der Waals surface area contributed by atoms with Crippen molar-refractivity contribution < 1.29 is 9.90 Å². The van der Waals surface area contributed by atoms with Gasteiger partial charge in [-0.25, -0.2) is 0 Å². The molecule has 4 rings (SSSR count). The molecule has 1 N–H and O–H groups in total. The van der Waals surface area contributed by atoms with Crippen molar-refractivity contribution in [1.82, 2.24) is 0 Å². The normalized spacial score (nSPS) is 47.6. The third kappa shape index (κ3) is 2.08. The summed E-state index contributed by atoms with van der Waals surface area (Å²) in [4.78, 5) is 12.2. The molecule has 4 aliphatic carbocycles. The summed E-state index contributed by atoms with van der Waals surface area (Å²) in [7, 11) is 0. The van der Waals surface area contributed by atoms with Crippen LogP contribution in [-0.2, 0) is 4.79 Å². The zero-order chi connectivity index (χ0) is 17.3. The van der Waals surface area contributed by atoms with Gasteiger partial charge in [0.05, 0.1) is 6.10 Å². The Bertz CT molecular complexity index is 642. The number of aliphatic hydroxyl groups is 1. The maximum Gasteiger partial charge on any atom is 0.156 e. The van der Waals surface area contributed by atoms with Gasteiger partial charge in [0.15, 0.2) is 5.78 Å². The molecule has 0 aromatic rings. The Kier molecular flexibility index (Phi) is 3.66. The fourth-order valence-electron chi connectivity index (χ4n) is 7.21. The topological polar surface area (TPSA) is 37.3 Å². The van der Waals surface area contributed by atoms with E-state index in [4.69, 9.17) is 0 Å². The Morgan fingerprint density at radius 2 is 1.83 bits per heavy atom. The van der Waals surface area contributed by atoms with Gasteiger partial charge in [0, 0.05) is 0 Å². The SMILES string of the molecule is CC(=O)C1=CC[C@@H]2[C@H]3CC(C)=C4C[C@H](O)CC[C@]4(C)[C@@H]3CC[C@@]12C. The molecule has 0 spiro atoms. The van der Waals surface area contributed by atoms with Gasteiger partial charge >= 0.3 is 0 Å². The third-order valence-corrected chi connectivity index (χ3v) is 8.40. The van der Waals surface area contributed by atoms with E-state index in [1.165, 1.54) is 18.4 Å². The number of carbonyl (C=O) groups excluding carboxylic acids is 1. The molecule has 0 radical (unpaired) electrons. The lowest BCUT2D eigenvalue weighted by atomic mass is 9.46. The van der Waals surface area contributed by atoms with Crippen LogP contribution in [0.25, 0.3) is 0 Å². The molecule has 132 valence electrons. The summed E-state index contributed by atoms with van der Waals surface area (Å²) in [6, 6.07) is 0. The van der Waals surface area contributed by atoms with Gasteiger partial charge in [-0.15, -0.1) is 0 Å². The minimum atomic E-state index is -0.133. The van der Waals surface area contributed by atoms with Crippen LogP contribution in [0.5, 0.6) is 0 Å². The summed E-state index contributed by atoms with van der Waals surface area (Å²) in [6.45, 7) is 8.89. The fourth-order valence-corrected chi connectivity index (χ4v) is 7.21. The first-order valence-corrected chi connectivity index (χ1v) is 9.86. The van der Waals surface area contributed by atoms with Gasteiger partial charge < -0.3 is 5.11 Å². The van der Waals surface area contributed by atoms with Crippen molar-refractivity contribution in [2.24, 2.45) is 28.6 Å². The predicted molar refractivity (Wildman–Crippen MR) is 96.5 cm³/mol. The largest absolute Gasteiger partial charge is 0.393 e. The molecule has 0 heterocycles. The maximum atomic E-state index is 12.2. The molecule has 0 aliphatic heterocycles. The van der Waals surface area contributed by atoms with Crippen LogP contribution in [0.2, 0.25) is 0 Å². The second kappa shape index (κ2) is 5.30. The van der Waals surface area contributed by atoms with E-state index >= 15 is 0 Å². The van der Waals surface area contributed by atoms with Crippen molar-refractivity contribution in [2.45, 2.75) is 78.7 Å². The third-order valence-electron chi connectivity index (χ3n) is 8.40. The highest BCUT2D eigenvalue weighted by atomic mass is 16.3. The molecule has 6 atom stereocenters. The lowest BCUT2D eigenvalue weighted by Crippen LogP contribution is -2.51. The number of hydrogen-bond acceptors (Lipinski definition) is 2. The summed E-state index contributed by atoms with van der Waals surface area (Å²) in [5.74, 6) is 2.37. The van der Waals surface area contributed by atoms with Gasteiger partial charge in [-0.3, -0.25) is 4.79 Å². The summed E-state index contributed by atoms with van der Waals surface area (Å²) >= 11 is 0. The van der Waals surface area contributed by atoms with Crippen LogP contribution in [0.15, 0.2) is 22.8 Å². The predicted octanol–water partition coefficient (Wildman–Crippen LogP) is 4.83. The molecular weight excluding hydrogens is 296 g/mol. The van der Waals surface area contributed by atoms with E-state index in [-0.39, 0.29) is 22.7 Å². The van der Waals surface area contributed by atoms with Gasteiger partial charge in [-0.2, -0.15) is 0 Å². The molecule has 2 saturated carbocycles. The van der Waals surface area contributed by atoms with Crippen LogP contribution in [0.1, 0.15) is 72.6 Å². The minimum absolute atomic E-state index is 0.106. The number of allylic oxidation sites excluding steroid dienone is 3. The molecule has 2 heteroatoms. The number of aliphatic hydroxyl groups excluding tert-OH is 1. The maximum absolute atomic E-state index is 12.2. The number of hydrogen-bond donors (Lipinski definition) is 1. The Morgan fingerprint density at radius 1 is 1.12 bits per heavy atom. The molecule has 0 amide bonds. The number of carbonyl (C=O) groups is 1. The summed E-state index contributed by atoms with van der Waals surface area (Å²) in [6.07, 6.45) is 9.79. The summed E-state index contributed by atoms with van der Waals surface area (Å²) in [5, 5.41) is 10.2. The highest BCUT2D eigenvalue weighted by molar-refractivity contribution is 5.95. The number of rotatable bonds is 1. The van der Waals surface area contributed by atoms with Crippen LogP contribution < -0.4 is 0 Å². The monoisotopic (exact) mass is 328 g/mol. The van der Waals surface area contributed by atoms with Crippen LogP contribution in [0.4, 0.5) is 0 Å². The van der Waals surface area contributed by atoms with Crippen LogP contribution >= 0.6 is 0 Å². The van der Waals surface area contributed by atoms with E-state index in [1.807, 2.05) is 0 Å². The number of fused-ring (bicyclic) bond motifs is 5. The molecule has 0 aromatic carbocycles. The molecule has 0 bridgehead atoms. The average molecular weight is 328 g/mol. The Balaban J connectivity index is 1.71. The van der Waals surface area contributed by atoms with Gasteiger partial charge in [0.1, 0.15) is 0 Å². The quantitative estimate of drug-likeness (QED) is 0.700. The van der Waals surface area contributed by atoms with Crippen LogP contribution in [0, 0.1) is 28.6 Å². The molecule has 4 aliphatic rings. The fraction of sp³-hybridized carbons (Fsp3) is 0.773. The van der Waals surface area contributed by atoms with Crippen molar-refractivity contribution in [3.63, 3.8) is 0 Å². The van der Waals surface area contributed by atoms with Gasteiger partial charge in [-0.1, -0.05) is 31.1 Å². The van der Waals surface area contributed by atoms with E-state index in [0.29, 0.717) is 11.8 Å². The Hall–Kier alpha value is -0.890. The van der Waals surface area contributed by atoms with E-state index < -0.39 is 0 Å². The highest BCUT2D eigenvalue weighted by Gasteiger charge is 2.57. The molecule has 2 nitrogen and oxygen atoms in total. The van der Waals surface area contributed by atoms with Gasteiger partial charge in [-0.05, 0) is 93.0 Å². The molecular formula is C22H32O2. The lowest BCUT2D eigenvalue weighted by Gasteiger charge is -2.58. The average Bonchev–Trinajstić information content (AvgIpc) is 2.87. The Labute approximate surface area is 146 Å². The Morgan fingerprint density at radius 3 is 2.54 bits per heavy atom. The van der Waals surface area contributed by atoms with E-state index in [1.54, 1.807) is 12.5 Å². The smallest absolute Gasteiger partial charge is 0.156 e. The first kappa shape index (κ1) is 16.6. The highest BCUT2D eigenvalue weighted by Crippen LogP contribution is 2.66. The van der Waals surface area contributed by atoms with Crippen molar-refractivity contribution in [2.75, 3.05) is 0 Å². The standard InChI is InChI=1S/C22H32O2/c1-13-11-16-18-6-5-17(14(2)23)21(18,3)10-8-19(16)22(4)9-7-15(24)12-20(13)22/h5,15-16,18-19,24H,6-12H2,1-4H3/t15-,16-,18-,19-,21+,22-/m1/s1. The second-order valence-electron chi connectivity index (χ2n) is 9.52. The van der Waals surface area contributed by atoms with Gasteiger partial charge in [0.25, 0.3) is 0 Å². The van der Waals surface area contributed by atoms with Crippen LogP contribution in [-0.4, -0.2) is 17.0 Å². The number of ketones is 1.